The van der Waals surface area contributed by atoms with Gasteiger partial charge in [0.05, 0.1) is 13.2 Å². The normalized spacial score (nSPS) is 16.9. The topological polar surface area (TPSA) is 75.5 Å². The molecule has 1 saturated heterocycles. The van der Waals surface area contributed by atoms with Crippen LogP contribution < -0.4 is 10.6 Å². The highest BCUT2D eigenvalue weighted by molar-refractivity contribution is 5.50. The molecule has 84 valence electrons. The average Bonchev–Trinajstić information content (AvgIpc) is 2.72. The Balaban J connectivity index is 2.01. The molecule has 1 N–H and O–H groups in total. The molecular formula is C9H11N5O2. The molecule has 16 heavy (non-hydrogen) atoms. The number of aromatic amines is 1. The predicted octanol–water partition coefficient (Wildman–Crippen LogP) is -0.746. The van der Waals surface area contributed by atoms with Crippen molar-refractivity contribution in [3.8, 4) is 0 Å². The maximum Gasteiger partial charge on any atom is 0.348 e. The maximum atomic E-state index is 11.2. The predicted molar refractivity (Wildman–Crippen MR) is 56.6 cm³/mol. The van der Waals surface area contributed by atoms with Crippen LogP contribution in [0, 0.1) is 0 Å². The molecule has 7 nitrogen and oxygen atoms in total. The summed E-state index contributed by atoms with van der Waals surface area (Å²) in [5.41, 5.74) is 0.317. The van der Waals surface area contributed by atoms with Gasteiger partial charge in [0.15, 0.2) is 5.65 Å². The van der Waals surface area contributed by atoms with Crippen LogP contribution in [-0.2, 0) is 4.74 Å². The van der Waals surface area contributed by atoms with E-state index in [-0.39, 0.29) is 5.69 Å². The average molecular weight is 221 g/mol. The molecule has 0 aromatic carbocycles. The van der Waals surface area contributed by atoms with Gasteiger partial charge >= 0.3 is 5.69 Å². The van der Waals surface area contributed by atoms with Crippen LogP contribution in [0.5, 0.6) is 0 Å². The van der Waals surface area contributed by atoms with Gasteiger partial charge < -0.3 is 9.64 Å². The molecule has 7 heteroatoms. The summed E-state index contributed by atoms with van der Waals surface area (Å²) in [5.74, 6) is 0.829. The lowest BCUT2D eigenvalue weighted by molar-refractivity contribution is 0.122. The van der Waals surface area contributed by atoms with Gasteiger partial charge in [-0.25, -0.2) is 19.3 Å². The molecule has 0 aliphatic carbocycles. The van der Waals surface area contributed by atoms with Gasteiger partial charge in [-0.3, -0.25) is 0 Å². The van der Waals surface area contributed by atoms with E-state index in [9.17, 15) is 4.79 Å². The summed E-state index contributed by atoms with van der Waals surface area (Å²) in [7, 11) is 0. The summed E-state index contributed by atoms with van der Waals surface area (Å²) in [5, 5.41) is 6.28. The number of H-pyrrole nitrogens is 1. The number of anilines is 1. The first-order chi connectivity index (χ1) is 7.84. The Morgan fingerprint density at radius 2 is 2.19 bits per heavy atom. The number of ether oxygens (including phenoxy) is 1. The van der Waals surface area contributed by atoms with E-state index >= 15 is 0 Å². The Bertz CT molecular complexity index is 554. The molecule has 0 bridgehead atoms. The Labute approximate surface area is 90.7 Å². The molecule has 2 aromatic heterocycles. The third kappa shape index (κ3) is 1.45. The van der Waals surface area contributed by atoms with E-state index in [2.05, 4.69) is 20.1 Å². The molecule has 1 fully saturated rings. The molecule has 1 aliphatic heterocycles. The number of hydrogen-bond donors (Lipinski definition) is 1. The van der Waals surface area contributed by atoms with Crippen molar-refractivity contribution >= 4 is 11.5 Å². The number of rotatable bonds is 1. The fourth-order valence-corrected chi connectivity index (χ4v) is 1.77. The van der Waals surface area contributed by atoms with E-state index in [4.69, 9.17) is 4.74 Å². The van der Waals surface area contributed by atoms with Crippen molar-refractivity contribution < 1.29 is 4.74 Å². The van der Waals surface area contributed by atoms with Gasteiger partial charge in [-0.15, -0.1) is 0 Å². The molecule has 0 unspecified atom stereocenters. The Kier molecular flexibility index (Phi) is 2.10. The van der Waals surface area contributed by atoms with E-state index in [1.165, 1.54) is 10.7 Å². The summed E-state index contributed by atoms with van der Waals surface area (Å²) >= 11 is 0. The number of nitrogens with one attached hydrogen (secondary N) is 1. The minimum absolute atomic E-state index is 0.268. The zero-order chi connectivity index (χ0) is 11.0. The van der Waals surface area contributed by atoms with Crippen molar-refractivity contribution in [2.75, 3.05) is 31.2 Å². The summed E-state index contributed by atoms with van der Waals surface area (Å²) in [6, 6.07) is 1.79. The van der Waals surface area contributed by atoms with E-state index in [0.717, 1.165) is 18.9 Å². The van der Waals surface area contributed by atoms with Gasteiger partial charge in [0.1, 0.15) is 12.1 Å². The molecule has 0 atom stereocenters. The lowest BCUT2D eigenvalue weighted by Crippen LogP contribution is -2.36. The minimum atomic E-state index is -0.268. The molecular weight excluding hydrogens is 210 g/mol. The fourth-order valence-electron chi connectivity index (χ4n) is 1.77. The van der Waals surface area contributed by atoms with Crippen molar-refractivity contribution in [3.05, 3.63) is 22.9 Å². The number of hydrogen-bond acceptors (Lipinski definition) is 5. The highest BCUT2D eigenvalue weighted by Gasteiger charge is 2.13. The van der Waals surface area contributed by atoms with Gasteiger partial charge in [0, 0.05) is 19.2 Å². The van der Waals surface area contributed by atoms with Crippen LogP contribution in [0.1, 0.15) is 0 Å². The smallest absolute Gasteiger partial charge is 0.348 e. The van der Waals surface area contributed by atoms with E-state index < -0.39 is 0 Å². The van der Waals surface area contributed by atoms with E-state index in [1.807, 2.05) is 0 Å². The van der Waals surface area contributed by atoms with Gasteiger partial charge in [-0.2, -0.15) is 5.10 Å². The number of fused-ring (bicyclic) bond motifs is 1. The number of morpholine rings is 1. The maximum absolute atomic E-state index is 11.2. The van der Waals surface area contributed by atoms with Crippen molar-refractivity contribution in [2.45, 2.75) is 0 Å². The van der Waals surface area contributed by atoms with Crippen LogP contribution in [0.4, 0.5) is 5.82 Å². The molecule has 3 rings (SSSR count). The van der Waals surface area contributed by atoms with Crippen LogP contribution in [0.2, 0.25) is 0 Å². The third-order valence-corrected chi connectivity index (χ3v) is 2.63. The summed E-state index contributed by atoms with van der Waals surface area (Å²) in [6.07, 6.45) is 1.49. The highest BCUT2D eigenvalue weighted by Crippen LogP contribution is 2.12. The first kappa shape index (κ1) is 9.34. The number of aromatic nitrogens is 4. The Morgan fingerprint density at radius 3 is 3.00 bits per heavy atom. The van der Waals surface area contributed by atoms with Gasteiger partial charge in [-0.05, 0) is 0 Å². The molecule has 3 heterocycles. The largest absolute Gasteiger partial charge is 0.378 e. The van der Waals surface area contributed by atoms with E-state index in [0.29, 0.717) is 18.9 Å². The van der Waals surface area contributed by atoms with Crippen molar-refractivity contribution in [1.82, 2.24) is 19.6 Å². The Morgan fingerprint density at radius 1 is 1.38 bits per heavy atom. The summed E-state index contributed by atoms with van der Waals surface area (Å²) in [4.78, 5) is 17.6. The molecule has 0 saturated carbocycles. The first-order valence-electron chi connectivity index (χ1n) is 5.10. The fraction of sp³-hybridized carbons (Fsp3) is 0.444. The highest BCUT2D eigenvalue weighted by atomic mass is 16.5. The molecule has 0 spiro atoms. The second-order valence-electron chi connectivity index (χ2n) is 3.60. The SMILES string of the molecule is O=c1[nH]nc2cc(N3CCOCC3)ncn12. The third-order valence-electron chi connectivity index (χ3n) is 2.63. The molecule has 0 radical (unpaired) electrons. The second-order valence-corrected chi connectivity index (χ2v) is 3.60. The van der Waals surface area contributed by atoms with Crippen LogP contribution in [0.25, 0.3) is 5.65 Å². The van der Waals surface area contributed by atoms with Gasteiger partial charge in [0.2, 0.25) is 0 Å². The lowest BCUT2D eigenvalue weighted by Gasteiger charge is -2.27. The van der Waals surface area contributed by atoms with Crippen LogP contribution in [0.15, 0.2) is 17.2 Å². The molecule has 0 amide bonds. The quantitative estimate of drug-likeness (QED) is 0.686. The molecule has 1 aliphatic rings. The van der Waals surface area contributed by atoms with Gasteiger partial charge in [-0.1, -0.05) is 0 Å². The monoisotopic (exact) mass is 221 g/mol. The van der Waals surface area contributed by atoms with Crippen molar-refractivity contribution in [2.24, 2.45) is 0 Å². The zero-order valence-electron chi connectivity index (χ0n) is 8.59. The summed E-state index contributed by atoms with van der Waals surface area (Å²) < 4.78 is 6.65. The molecule has 2 aromatic rings. The van der Waals surface area contributed by atoms with Crippen LogP contribution in [0.3, 0.4) is 0 Å². The van der Waals surface area contributed by atoms with Crippen LogP contribution in [-0.4, -0.2) is 45.9 Å². The van der Waals surface area contributed by atoms with Crippen LogP contribution >= 0.6 is 0 Å². The van der Waals surface area contributed by atoms with E-state index in [1.54, 1.807) is 6.07 Å². The Hall–Kier alpha value is -1.89. The zero-order valence-corrected chi connectivity index (χ0v) is 8.59. The summed E-state index contributed by atoms with van der Waals surface area (Å²) in [6.45, 7) is 3.05. The lowest BCUT2D eigenvalue weighted by atomic mass is 10.4. The minimum Gasteiger partial charge on any atom is -0.378 e. The number of nitrogens with zero attached hydrogens (tertiary/aromatic N) is 4. The second kappa shape index (κ2) is 3.60. The van der Waals surface area contributed by atoms with Crippen molar-refractivity contribution in [1.29, 1.82) is 0 Å². The standard InChI is InChI=1S/C9H11N5O2/c15-9-12-11-8-5-7(10-6-14(8)9)13-1-3-16-4-2-13/h5-6H,1-4H2,(H,12,15). The van der Waals surface area contributed by atoms with Gasteiger partial charge in [0.25, 0.3) is 0 Å². The first-order valence-corrected chi connectivity index (χ1v) is 5.10. The van der Waals surface area contributed by atoms with Crippen molar-refractivity contribution in [3.63, 3.8) is 0 Å².